The number of aliphatic hydroxyl groups is 1. The summed E-state index contributed by atoms with van der Waals surface area (Å²) in [6, 6.07) is 24.4. The van der Waals surface area contributed by atoms with Crippen LogP contribution in [0.15, 0.2) is 72.8 Å². The van der Waals surface area contributed by atoms with Crippen molar-refractivity contribution in [1.82, 2.24) is 15.7 Å². The summed E-state index contributed by atoms with van der Waals surface area (Å²) in [6.07, 6.45) is 3.92. The zero-order valence-electron chi connectivity index (χ0n) is 26.9. The molecule has 2 saturated heterocycles. The molecule has 10 nitrogen and oxygen atoms in total. The third kappa shape index (κ3) is 10.7. The maximum atomic E-state index is 12.4. The predicted octanol–water partition coefficient (Wildman–Crippen LogP) is 5.19. The van der Waals surface area contributed by atoms with Crippen LogP contribution in [0.1, 0.15) is 79.6 Å². The van der Waals surface area contributed by atoms with Gasteiger partial charge in [-0.15, -0.1) is 0 Å². The molecule has 0 aliphatic carbocycles. The van der Waals surface area contributed by atoms with Gasteiger partial charge in [0.05, 0.1) is 32.0 Å². The van der Waals surface area contributed by atoms with Crippen LogP contribution in [0.3, 0.4) is 0 Å². The van der Waals surface area contributed by atoms with Gasteiger partial charge in [0.15, 0.2) is 6.29 Å². The summed E-state index contributed by atoms with van der Waals surface area (Å²) in [4.78, 5) is 25.9. The van der Waals surface area contributed by atoms with Gasteiger partial charge in [-0.25, -0.2) is 5.48 Å². The number of morpholine rings is 1. The van der Waals surface area contributed by atoms with Gasteiger partial charge < -0.3 is 24.6 Å². The molecule has 4 N–H and O–H groups in total. The smallest absolute Gasteiger partial charge is 0.243 e. The number of hydrogen-bond donors (Lipinski definition) is 4. The Morgan fingerprint density at radius 1 is 0.787 bits per heavy atom. The highest BCUT2D eigenvalue weighted by molar-refractivity contribution is 5.76. The van der Waals surface area contributed by atoms with Crippen molar-refractivity contribution in [1.29, 1.82) is 0 Å². The Kier molecular flexibility index (Phi) is 13.3. The molecule has 47 heavy (non-hydrogen) atoms. The van der Waals surface area contributed by atoms with Gasteiger partial charge >= 0.3 is 0 Å². The SMILES string of the molecule is O=C(CCCCCCC(=O)NCc1cccc(-c2cccc([C@@H]3O[C@H](CN4CCOCC4)C[C@H](c4ccc(CO)cc4)O3)c2)c1)NO. The number of amides is 2. The second kappa shape index (κ2) is 18.1. The average Bonchev–Trinajstić information content (AvgIpc) is 3.12. The lowest BCUT2D eigenvalue weighted by Gasteiger charge is -2.39. The van der Waals surface area contributed by atoms with Gasteiger partial charge in [0.1, 0.15) is 0 Å². The molecule has 0 saturated carbocycles. The summed E-state index contributed by atoms with van der Waals surface area (Å²) in [5.41, 5.74) is 7.62. The van der Waals surface area contributed by atoms with Crippen molar-refractivity contribution in [2.75, 3.05) is 32.8 Å². The summed E-state index contributed by atoms with van der Waals surface area (Å²) in [5.74, 6) is -0.375. The summed E-state index contributed by atoms with van der Waals surface area (Å²) >= 11 is 0. The van der Waals surface area contributed by atoms with Gasteiger partial charge in [0.2, 0.25) is 11.8 Å². The molecule has 2 aliphatic rings. The van der Waals surface area contributed by atoms with E-state index in [-0.39, 0.29) is 30.6 Å². The van der Waals surface area contributed by atoms with E-state index >= 15 is 0 Å². The fraction of sp³-hybridized carbons (Fsp3) is 0.459. The number of benzene rings is 3. The van der Waals surface area contributed by atoms with Crippen LogP contribution < -0.4 is 10.8 Å². The number of rotatable bonds is 15. The van der Waals surface area contributed by atoms with E-state index < -0.39 is 6.29 Å². The molecule has 0 unspecified atom stereocenters. The molecule has 0 spiro atoms. The number of carbonyl (C=O) groups is 2. The largest absolute Gasteiger partial charge is 0.392 e. The Morgan fingerprint density at radius 2 is 1.49 bits per heavy atom. The highest BCUT2D eigenvalue weighted by Gasteiger charge is 2.33. The fourth-order valence-electron chi connectivity index (χ4n) is 6.10. The van der Waals surface area contributed by atoms with Crippen molar-refractivity contribution in [2.45, 2.75) is 76.6 Å². The van der Waals surface area contributed by atoms with E-state index in [1.807, 2.05) is 48.5 Å². The average molecular weight is 646 g/mol. The Morgan fingerprint density at radius 3 is 2.21 bits per heavy atom. The third-order valence-electron chi connectivity index (χ3n) is 8.77. The van der Waals surface area contributed by atoms with E-state index in [2.05, 4.69) is 34.5 Å². The molecule has 0 radical (unpaired) electrons. The zero-order valence-corrected chi connectivity index (χ0v) is 26.9. The number of nitrogens with one attached hydrogen (secondary N) is 2. The quantitative estimate of drug-likeness (QED) is 0.101. The number of aliphatic hydroxyl groups excluding tert-OH is 1. The Labute approximate surface area is 277 Å². The van der Waals surface area contributed by atoms with Crippen LogP contribution >= 0.6 is 0 Å². The Bertz CT molecular complexity index is 1430. The first-order valence-electron chi connectivity index (χ1n) is 16.7. The van der Waals surface area contributed by atoms with Gasteiger partial charge in [0.25, 0.3) is 0 Å². The van der Waals surface area contributed by atoms with Crippen LogP contribution in [0.5, 0.6) is 0 Å². The predicted molar refractivity (Wildman–Crippen MR) is 177 cm³/mol. The molecular weight excluding hydrogens is 598 g/mol. The lowest BCUT2D eigenvalue weighted by atomic mass is 9.98. The summed E-state index contributed by atoms with van der Waals surface area (Å²) in [5, 5.41) is 21.1. The van der Waals surface area contributed by atoms with Gasteiger partial charge in [-0.3, -0.25) is 19.7 Å². The number of nitrogens with zero attached hydrogens (tertiary/aromatic N) is 1. The minimum Gasteiger partial charge on any atom is -0.392 e. The monoisotopic (exact) mass is 645 g/mol. The Balaban J connectivity index is 1.21. The summed E-state index contributed by atoms with van der Waals surface area (Å²) in [7, 11) is 0. The van der Waals surface area contributed by atoms with Crippen LogP contribution in [0.4, 0.5) is 0 Å². The molecule has 0 bridgehead atoms. The topological polar surface area (TPSA) is 130 Å². The minimum atomic E-state index is -0.536. The second-order valence-corrected chi connectivity index (χ2v) is 12.3. The number of hydrogen-bond acceptors (Lipinski definition) is 8. The molecule has 2 fully saturated rings. The van der Waals surface area contributed by atoms with Gasteiger partial charge in [-0.2, -0.15) is 0 Å². The molecular formula is C37H47N3O7. The molecule has 252 valence electrons. The molecule has 0 aromatic heterocycles. The van der Waals surface area contributed by atoms with Crippen LogP contribution in [-0.2, 0) is 37.0 Å². The normalized spacial score (nSPS) is 20.1. The first kappa shape index (κ1) is 34.7. The van der Waals surface area contributed by atoms with Gasteiger partial charge in [-0.1, -0.05) is 73.5 Å². The van der Waals surface area contributed by atoms with E-state index in [1.54, 1.807) is 5.48 Å². The number of ether oxygens (including phenoxy) is 3. The third-order valence-corrected chi connectivity index (χ3v) is 8.77. The van der Waals surface area contributed by atoms with Crippen molar-refractivity contribution in [3.63, 3.8) is 0 Å². The van der Waals surface area contributed by atoms with E-state index in [0.29, 0.717) is 25.8 Å². The molecule has 3 aromatic carbocycles. The maximum Gasteiger partial charge on any atom is 0.243 e. The van der Waals surface area contributed by atoms with Gasteiger partial charge in [0, 0.05) is 51.0 Å². The maximum absolute atomic E-state index is 12.4. The van der Waals surface area contributed by atoms with Crippen molar-refractivity contribution < 1.29 is 34.1 Å². The van der Waals surface area contributed by atoms with Crippen LogP contribution in [-0.4, -0.2) is 66.0 Å². The van der Waals surface area contributed by atoms with E-state index in [4.69, 9.17) is 19.4 Å². The number of hydroxylamine groups is 1. The van der Waals surface area contributed by atoms with E-state index in [9.17, 15) is 14.7 Å². The first-order chi connectivity index (χ1) is 23.0. The molecule has 3 atom stereocenters. The van der Waals surface area contributed by atoms with Crippen molar-refractivity contribution in [2.24, 2.45) is 0 Å². The summed E-state index contributed by atoms with van der Waals surface area (Å²) in [6.45, 7) is 4.51. The van der Waals surface area contributed by atoms with E-state index in [1.165, 1.54) is 0 Å². The molecule has 10 heteroatoms. The first-order valence-corrected chi connectivity index (χ1v) is 16.7. The van der Waals surface area contributed by atoms with Gasteiger partial charge in [-0.05, 0) is 52.8 Å². The zero-order chi connectivity index (χ0) is 32.8. The van der Waals surface area contributed by atoms with Crippen LogP contribution in [0.25, 0.3) is 11.1 Å². The lowest BCUT2D eigenvalue weighted by Crippen LogP contribution is -2.44. The Hall–Kier alpha value is -3.64. The highest BCUT2D eigenvalue weighted by atomic mass is 16.7. The molecule has 2 amide bonds. The standard InChI is InChI=1S/C37H47N3O7/c41-26-27-13-15-29(16-14-27)34-23-33(25-40-17-19-45-20-18-40)46-37(47-34)32-10-6-9-31(22-32)30-8-5-7-28(21-30)24-38-35(42)11-3-1-2-4-12-36(43)39-44/h5-10,13-16,21-22,33-34,37,41,44H,1-4,11-12,17-20,23-26H2,(H,38,42)(H,39,43)/t33-,34+,37+/m0/s1. The molecule has 2 heterocycles. The fourth-order valence-corrected chi connectivity index (χ4v) is 6.10. The molecule has 2 aliphatic heterocycles. The molecule has 5 rings (SSSR count). The van der Waals surface area contributed by atoms with Crippen molar-refractivity contribution in [3.05, 3.63) is 95.1 Å². The molecule has 3 aromatic rings. The van der Waals surface area contributed by atoms with Crippen molar-refractivity contribution in [3.8, 4) is 11.1 Å². The van der Waals surface area contributed by atoms with Crippen LogP contribution in [0, 0.1) is 0 Å². The minimum absolute atomic E-state index is 0.00397. The highest BCUT2D eigenvalue weighted by Crippen LogP contribution is 2.39. The van der Waals surface area contributed by atoms with E-state index in [0.717, 1.165) is 91.9 Å². The second-order valence-electron chi connectivity index (χ2n) is 12.3. The lowest BCUT2D eigenvalue weighted by molar-refractivity contribution is -0.253. The number of unbranched alkanes of at least 4 members (excludes halogenated alkanes) is 3. The van der Waals surface area contributed by atoms with Crippen LogP contribution in [0.2, 0.25) is 0 Å². The number of carbonyl (C=O) groups excluding carboxylic acids is 2. The summed E-state index contributed by atoms with van der Waals surface area (Å²) < 4.78 is 18.8. The van der Waals surface area contributed by atoms with Crippen molar-refractivity contribution >= 4 is 11.8 Å².